The molecule has 0 fully saturated rings. The van der Waals surface area contributed by atoms with Crippen LogP contribution in [0.4, 0.5) is 8.78 Å². The molecule has 4 heteroatoms. The molecular weight excluding hydrogens is 224 g/mol. The molecule has 0 aromatic heterocycles. The fourth-order valence-corrected chi connectivity index (χ4v) is 1.59. The number of halogens is 2. The molecule has 0 amide bonds. The molecule has 1 rings (SSSR count). The van der Waals surface area contributed by atoms with Crippen LogP contribution in [-0.4, -0.2) is 20.2 Å². The van der Waals surface area contributed by atoms with Crippen LogP contribution in [0.25, 0.3) is 0 Å². The summed E-state index contributed by atoms with van der Waals surface area (Å²) in [6, 6.07) is 2.25. The van der Waals surface area contributed by atoms with Gasteiger partial charge in [-0.3, -0.25) is 0 Å². The molecule has 0 radical (unpaired) electrons. The molecule has 17 heavy (non-hydrogen) atoms. The zero-order chi connectivity index (χ0) is 13.1. The van der Waals surface area contributed by atoms with Crippen molar-refractivity contribution < 1.29 is 13.5 Å². The molecule has 0 heterocycles. The lowest BCUT2D eigenvalue weighted by atomic mass is 9.95. The summed E-state index contributed by atoms with van der Waals surface area (Å²) in [6.45, 7) is 7.01. The predicted octanol–water partition coefficient (Wildman–Crippen LogP) is 2.90. The molecule has 0 aliphatic carbocycles. The van der Waals surface area contributed by atoms with E-state index in [0.29, 0.717) is 17.9 Å². The number of benzene rings is 1. The van der Waals surface area contributed by atoms with Gasteiger partial charge in [-0.25, -0.2) is 8.78 Å². The standard InChI is InChI=1S/C13H19F2NO/c1-9-5-10(14)11(15)6-12(9)17-8-13(2,3)7-16-4/h5-6,16H,7-8H2,1-4H3. The second-order valence-electron chi connectivity index (χ2n) is 5.02. The highest BCUT2D eigenvalue weighted by atomic mass is 19.2. The fraction of sp³-hybridized carbons (Fsp3) is 0.538. The van der Waals surface area contributed by atoms with E-state index in [4.69, 9.17) is 4.74 Å². The van der Waals surface area contributed by atoms with Crippen LogP contribution in [0.3, 0.4) is 0 Å². The van der Waals surface area contributed by atoms with E-state index in [0.717, 1.165) is 18.7 Å². The minimum Gasteiger partial charge on any atom is -0.493 e. The van der Waals surface area contributed by atoms with Crippen LogP contribution >= 0.6 is 0 Å². The molecule has 0 saturated heterocycles. The van der Waals surface area contributed by atoms with Crippen LogP contribution in [0, 0.1) is 24.0 Å². The van der Waals surface area contributed by atoms with Crippen molar-refractivity contribution in [1.29, 1.82) is 0 Å². The molecule has 0 aliphatic rings. The summed E-state index contributed by atoms with van der Waals surface area (Å²) in [5, 5.41) is 3.07. The number of ether oxygens (including phenoxy) is 1. The second kappa shape index (κ2) is 5.45. The van der Waals surface area contributed by atoms with E-state index in [2.05, 4.69) is 5.32 Å². The summed E-state index contributed by atoms with van der Waals surface area (Å²) in [5.41, 5.74) is 0.538. The summed E-state index contributed by atoms with van der Waals surface area (Å²) >= 11 is 0. The average Bonchev–Trinajstić information content (AvgIpc) is 2.21. The zero-order valence-electron chi connectivity index (χ0n) is 10.7. The van der Waals surface area contributed by atoms with Crippen LogP contribution in [0.2, 0.25) is 0 Å². The first-order valence-electron chi connectivity index (χ1n) is 5.59. The second-order valence-corrected chi connectivity index (χ2v) is 5.02. The van der Waals surface area contributed by atoms with Gasteiger partial charge in [0.1, 0.15) is 5.75 Å². The van der Waals surface area contributed by atoms with Gasteiger partial charge < -0.3 is 10.1 Å². The van der Waals surface area contributed by atoms with Crippen molar-refractivity contribution in [2.75, 3.05) is 20.2 Å². The summed E-state index contributed by atoms with van der Waals surface area (Å²) in [4.78, 5) is 0. The van der Waals surface area contributed by atoms with Gasteiger partial charge in [0.05, 0.1) is 6.61 Å². The zero-order valence-corrected chi connectivity index (χ0v) is 10.7. The van der Waals surface area contributed by atoms with Gasteiger partial charge >= 0.3 is 0 Å². The van der Waals surface area contributed by atoms with Crippen molar-refractivity contribution in [3.05, 3.63) is 29.3 Å². The summed E-state index contributed by atoms with van der Waals surface area (Å²) in [7, 11) is 1.87. The lowest BCUT2D eigenvalue weighted by Gasteiger charge is -2.24. The Morgan fingerprint density at radius 1 is 1.24 bits per heavy atom. The van der Waals surface area contributed by atoms with Crippen molar-refractivity contribution in [3.8, 4) is 5.75 Å². The van der Waals surface area contributed by atoms with Gasteiger partial charge in [0.15, 0.2) is 11.6 Å². The third-order valence-electron chi connectivity index (χ3n) is 2.49. The molecule has 1 N–H and O–H groups in total. The highest BCUT2D eigenvalue weighted by molar-refractivity contribution is 5.33. The fourth-order valence-electron chi connectivity index (χ4n) is 1.59. The lowest BCUT2D eigenvalue weighted by Crippen LogP contribution is -2.32. The van der Waals surface area contributed by atoms with Gasteiger partial charge in [0.2, 0.25) is 0 Å². The maximum absolute atomic E-state index is 13.1. The molecule has 0 aliphatic heterocycles. The average molecular weight is 243 g/mol. The first-order valence-corrected chi connectivity index (χ1v) is 5.59. The number of hydrogen-bond acceptors (Lipinski definition) is 2. The normalized spacial score (nSPS) is 11.6. The van der Waals surface area contributed by atoms with Gasteiger partial charge in [-0.1, -0.05) is 13.8 Å². The van der Waals surface area contributed by atoms with E-state index >= 15 is 0 Å². The molecule has 0 spiro atoms. The molecule has 0 bridgehead atoms. The lowest BCUT2D eigenvalue weighted by molar-refractivity contribution is 0.177. The summed E-state index contributed by atoms with van der Waals surface area (Å²) in [5.74, 6) is -1.32. The van der Waals surface area contributed by atoms with E-state index in [1.807, 2.05) is 20.9 Å². The Balaban J connectivity index is 2.73. The van der Waals surface area contributed by atoms with E-state index < -0.39 is 11.6 Å². The maximum atomic E-state index is 13.1. The first kappa shape index (κ1) is 13.9. The van der Waals surface area contributed by atoms with Crippen LogP contribution in [0.5, 0.6) is 5.75 Å². The van der Waals surface area contributed by atoms with Crippen molar-refractivity contribution in [2.45, 2.75) is 20.8 Å². The molecule has 0 atom stereocenters. The summed E-state index contributed by atoms with van der Waals surface area (Å²) < 4.78 is 31.5. The van der Waals surface area contributed by atoms with Crippen molar-refractivity contribution in [1.82, 2.24) is 5.32 Å². The largest absolute Gasteiger partial charge is 0.493 e. The number of nitrogens with one attached hydrogen (secondary N) is 1. The first-order chi connectivity index (χ1) is 7.85. The van der Waals surface area contributed by atoms with E-state index in [-0.39, 0.29) is 5.41 Å². The van der Waals surface area contributed by atoms with Gasteiger partial charge in [-0.2, -0.15) is 0 Å². The quantitative estimate of drug-likeness (QED) is 0.858. The third kappa shape index (κ3) is 3.97. The van der Waals surface area contributed by atoms with E-state index in [1.165, 1.54) is 0 Å². The minimum absolute atomic E-state index is 0.0634. The van der Waals surface area contributed by atoms with Crippen molar-refractivity contribution >= 4 is 0 Å². The molecule has 0 saturated carbocycles. The number of hydrogen-bond donors (Lipinski definition) is 1. The van der Waals surface area contributed by atoms with Crippen LogP contribution in [0.15, 0.2) is 12.1 Å². The molecular formula is C13H19F2NO. The van der Waals surface area contributed by atoms with Crippen LogP contribution < -0.4 is 10.1 Å². The van der Waals surface area contributed by atoms with E-state index in [9.17, 15) is 8.78 Å². The molecule has 96 valence electrons. The Morgan fingerprint density at radius 3 is 2.41 bits per heavy atom. The van der Waals surface area contributed by atoms with Crippen LogP contribution in [0.1, 0.15) is 19.4 Å². The van der Waals surface area contributed by atoms with Gasteiger partial charge in [0.25, 0.3) is 0 Å². The van der Waals surface area contributed by atoms with Gasteiger partial charge in [0, 0.05) is 18.0 Å². The Labute approximate surface area is 101 Å². The Kier molecular flexibility index (Phi) is 4.46. The SMILES string of the molecule is CNCC(C)(C)COc1cc(F)c(F)cc1C. The van der Waals surface area contributed by atoms with Gasteiger partial charge in [-0.05, 0) is 25.6 Å². The third-order valence-corrected chi connectivity index (χ3v) is 2.49. The highest BCUT2D eigenvalue weighted by Crippen LogP contribution is 2.24. The van der Waals surface area contributed by atoms with Crippen LogP contribution in [-0.2, 0) is 0 Å². The summed E-state index contributed by atoms with van der Waals surface area (Å²) in [6.07, 6.45) is 0. The monoisotopic (exact) mass is 243 g/mol. The van der Waals surface area contributed by atoms with Gasteiger partial charge in [-0.15, -0.1) is 0 Å². The minimum atomic E-state index is -0.878. The van der Waals surface area contributed by atoms with E-state index in [1.54, 1.807) is 6.92 Å². The van der Waals surface area contributed by atoms with Crippen molar-refractivity contribution in [3.63, 3.8) is 0 Å². The molecule has 1 aromatic carbocycles. The Bertz CT molecular complexity index is 391. The Hall–Kier alpha value is -1.16. The maximum Gasteiger partial charge on any atom is 0.162 e. The molecule has 0 unspecified atom stereocenters. The highest BCUT2D eigenvalue weighted by Gasteiger charge is 2.18. The number of aryl methyl sites for hydroxylation is 1. The Morgan fingerprint density at radius 2 is 1.82 bits per heavy atom. The molecule has 2 nitrogen and oxygen atoms in total. The predicted molar refractivity (Wildman–Crippen MR) is 64.3 cm³/mol. The molecule has 1 aromatic rings. The van der Waals surface area contributed by atoms with Crippen molar-refractivity contribution in [2.24, 2.45) is 5.41 Å². The topological polar surface area (TPSA) is 21.3 Å². The number of rotatable bonds is 5. The smallest absolute Gasteiger partial charge is 0.162 e.